The maximum absolute atomic E-state index is 11.8. The van der Waals surface area contributed by atoms with Gasteiger partial charge >= 0.3 is 0 Å². The number of carbonyl (C=O) groups excluding carboxylic acids is 1. The third-order valence-corrected chi connectivity index (χ3v) is 3.74. The molecule has 1 aromatic carbocycles. The number of aryl methyl sites for hydroxylation is 1. The quantitative estimate of drug-likeness (QED) is 0.874. The zero-order chi connectivity index (χ0) is 13.7. The number of amides is 1. The summed E-state index contributed by atoms with van der Waals surface area (Å²) in [5.41, 5.74) is 1.86. The lowest BCUT2D eigenvalue weighted by Gasteiger charge is -2.22. The fraction of sp³-hybridized carbons (Fsp3) is 0.462. The predicted molar refractivity (Wildman–Crippen MR) is 76.7 cm³/mol. The molecule has 1 unspecified atom stereocenters. The lowest BCUT2D eigenvalue weighted by Crippen LogP contribution is -2.38. The summed E-state index contributed by atoms with van der Waals surface area (Å²) < 4.78 is 1.02. The Morgan fingerprint density at radius 3 is 2.78 bits per heavy atom. The van der Waals surface area contributed by atoms with E-state index < -0.39 is 0 Å². The summed E-state index contributed by atoms with van der Waals surface area (Å²) in [5.74, 6) is -0.0838. The molecular formula is C13H19BrN2O2. The lowest BCUT2D eigenvalue weighted by atomic mass is 10.2. The van der Waals surface area contributed by atoms with Gasteiger partial charge in [0.05, 0.1) is 13.2 Å². The molecule has 0 aromatic heterocycles. The van der Waals surface area contributed by atoms with Gasteiger partial charge < -0.3 is 10.4 Å². The molecule has 1 atom stereocenters. The van der Waals surface area contributed by atoms with Gasteiger partial charge in [0.1, 0.15) is 0 Å². The number of likely N-dealkylation sites (N-methyl/N-ethyl adjacent to an activating group) is 1. The van der Waals surface area contributed by atoms with Crippen LogP contribution in [-0.2, 0) is 4.79 Å². The van der Waals surface area contributed by atoms with Crippen LogP contribution in [0.2, 0.25) is 0 Å². The number of nitrogens with zero attached hydrogens (tertiary/aromatic N) is 1. The monoisotopic (exact) mass is 314 g/mol. The molecule has 0 radical (unpaired) electrons. The maximum Gasteiger partial charge on any atom is 0.238 e. The Balaban J connectivity index is 2.57. The van der Waals surface area contributed by atoms with Crippen molar-refractivity contribution in [1.29, 1.82) is 0 Å². The molecule has 18 heavy (non-hydrogen) atoms. The number of rotatable bonds is 5. The van der Waals surface area contributed by atoms with Crippen molar-refractivity contribution in [2.75, 3.05) is 25.5 Å². The molecule has 0 saturated carbocycles. The molecule has 0 fully saturated rings. The van der Waals surface area contributed by atoms with Gasteiger partial charge in [-0.05, 0) is 44.7 Å². The summed E-state index contributed by atoms with van der Waals surface area (Å²) in [6.07, 6.45) is 0. The lowest BCUT2D eigenvalue weighted by molar-refractivity contribution is -0.117. The van der Waals surface area contributed by atoms with Crippen LogP contribution in [0.1, 0.15) is 12.5 Å². The van der Waals surface area contributed by atoms with Crippen molar-refractivity contribution in [1.82, 2.24) is 4.90 Å². The minimum Gasteiger partial charge on any atom is -0.395 e. The Morgan fingerprint density at radius 2 is 2.22 bits per heavy atom. The molecule has 5 heteroatoms. The summed E-state index contributed by atoms with van der Waals surface area (Å²) in [4.78, 5) is 13.6. The molecule has 0 saturated heterocycles. The Kier molecular flexibility index (Phi) is 5.78. The highest BCUT2D eigenvalue weighted by Gasteiger charge is 2.12. The van der Waals surface area contributed by atoms with Crippen molar-refractivity contribution in [3.63, 3.8) is 0 Å². The third-order valence-electron chi connectivity index (χ3n) is 2.85. The van der Waals surface area contributed by atoms with Crippen molar-refractivity contribution in [2.45, 2.75) is 19.9 Å². The van der Waals surface area contributed by atoms with Crippen molar-refractivity contribution in [3.05, 3.63) is 28.2 Å². The first-order chi connectivity index (χ1) is 8.43. The van der Waals surface area contributed by atoms with Gasteiger partial charge in [-0.15, -0.1) is 0 Å². The smallest absolute Gasteiger partial charge is 0.238 e. The maximum atomic E-state index is 11.8. The average molecular weight is 315 g/mol. The number of halogens is 1. The van der Waals surface area contributed by atoms with E-state index in [2.05, 4.69) is 21.2 Å². The Bertz CT molecular complexity index is 423. The number of hydrogen-bond donors (Lipinski definition) is 2. The van der Waals surface area contributed by atoms with E-state index >= 15 is 0 Å². The van der Waals surface area contributed by atoms with Crippen LogP contribution in [0.15, 0.2) is 22.7 Å². The largest absolute Gasteiger partial charge is 0.395 e. The highest BCUT2D eigenvalue weighted by molar-refractivity contribution is 9.10. The number of carbonyl (C=O) groups is 1. The summed E-state index contributed by atoms with van der Waals surface area (Å²) in [7, 11) is 1.81. The summed E-state index contributed by atoms with van der Waals surface area (Å²) in [6, 6.07) is 5.65. The predicted octanol–water partition coefficient (Wildman–Crippen LogP) is 2.01. The van der Waals surface area contributed by atoms with Crippen molar-refractivity contribution < 1.29 is 9.90 Å². The molecule has 0 aliphatic rings. The van der Waals surface area contributed by atoms with E-state index in [0.29, 0.717) is 0 Å². The molecule has 4 nitrogen and oxygen atoms in total. The first kappa shape index (κ1) is 15.1. The van der Waals surface area contributed by atoms with Crippen molar-refractivity contribution >= 4 is 27.5 Å². The second kappa shape index (κ2) is 6.87. The van der Waals surface area contributed by atoms with Crippen molar-refractivity contribution in [3.8, 4) is 0 Å². The van der Waals surface area contributed by atoms with E-state index in [0.717, 1.165) is 15.7 Å². The van der Waals surface area contributed by atoms with Gasteiger partial charge in [0.25, 0.3) is 0 Å². The molecule has 2 N–H and O–H groups in total. The molecule has 0 aliphatic heterocycles. The van der Waals surface area contributed by atoms with Crippen LogP contribution < -0.4 is 5.32 Å². The van der Waals surface area contributed by atoms with Gasteiger partial charge in [-0.25, -0.2) is 0 Å². The Hall–Kier alpha value is -0.910. The number of hydrogen-bond acceptors (Lipinski definition) is 3. The van der Waals surface area contributed by atoms with E-state index in [1.165, 1.54) is 0 Å². The van der Waals surface area contributed by atoms with Crippen LogP contribution >= 0.6 is 15.9 Å². The van der Waals surface area contributed by atoms with Gasteiger partial charge in [0.15, 0.2) is 0 Å². The molecular weight excluding hydrogens is 296 g/mol. The Labute approximate surface area is 116 Å². The van der Waals surface area contributed by atoms with Crippen LogP contribution in [0.25, 0.3) is 0 Å². The van der Waals surface area contributed by atoms with Crippen LogP contribution in [0.5, 0.6) is 0 Å². The fourth-order valence-electron chi connectivity index (χ4n) is 1.44. The molecule has 0 spiro atoms. The first-order valence-electron chi connectivity index (χ1n) is 5.81. The second-order valence-corrected chi connectivity index (χ2v) is 5.31. The van der Waals surface area contributed by atoms with Gasteiger partial charge in [-0.1, -0.05) is 15.9 Å². The molecule has 100 valence electrons. The minimum atomic E-state index is -0.0838. The van der Waals surface area contributed by atoms with Gasteiger partial charge in [-0.3, -0.25) is 9.69 Å². The summed E-state index contributed by atoms with van der Waals surface area (Å²) >= 11 is 3.42. The average Bonchev–Trinajstić information content (AvgIpc) is 2.32. The fourth-order valence-corrected chi connectivity index (χ4v) is 1.69. The summed E-state index contributed by atoms with van der Waals surface area (Å²) in [5, 5.41) is 11.8. The number of nitrogens with one attached hydrogen (secondary N) is 1. The SMILES string of the molecule is Cc1cc(NC(=O)CN(C)C(C)CO)ccc1Br. The highest BCUT2D eigenvalue weighted by Crippen LogP contribution is 2.19. The minimum absolute atomic E-state index is 0.0256. The highest BCUT2D eigenvalue weighted by atomic mass is 79.9. The molecule has 0 bridgehead atoms. The standard InChI is InChI=1S/C13H19BrN2O2/c1-9-6-11(4-5-12(9)14)15-13(18)7-16(3)10(2)8-17/h4-6,10,17H,7-8H2,1-3H3,(H,15,18). The first-order valence-corrected chi connectivity index (χ1v) is 6.60. The Morgan fingerprint density at radius 1 is 1.56 bits per heavy atom. The number of benzene rings is 1. The van der Waals surface area contributed by atoms with E-state index in [4.69, 9.17) is 5.11 Å². The van der Waals surface area contributed by atoms with Gasteiger partial charge in [-0.2, -0.15) is 0 Å². The molecule has 0 heterocycles. The topological polar surface area (TPSA) is 52.6 Å². The van der Waals surface area contributed by atoms with E-state index in [9.17, 15) is 4.79 Å². The molecule has 1 rings (SSSR count). The normalized spacial score (nSPS) is 12.6. The number of anilines is 1. The molecule has 0 aliphatic carbocycles. The van der Waals surface area contributed by atoms with E-state index in [1.54, 1.807) is 4.90 Å². The van der Waals surface area contributed by atoms with Crippen LogP contribution in [0.4, 0.5) is 5.69 Å². The zero-order valence-corrected chi connectivity index (χ0v) is 12.5. The van der Waals surface area contributed by atoms with Gasteiger partial charge in [0, 0.05) is 16.2 Å². The van der Waals surface area contributed by atoms with E-state index in [-0.39, 0.29) is 25.1 Å². The number of aliphatic hydroxyl groups is 1. The van der Waals surface area contributed by atoms with Crippen LogP contribution in [-0.4, -0.2) is 42.2 Å². The molecule has 1 amide bonds. The number of aliphatic hydroxyl groups excluding tert-OH is 1. The van der Waals surface area contributed by atoms with Crippen LogP contribution in [0.3, 0.4) is 0 Å². The van der Waals surface area contributed by atoms with Crippen LogP contribution in [0, 0.1) is 6.92 Å². The van der Waals surface area contributed by atoms with Gasteiger partial charge in [0.2, 0.25) is 5.91 Å². The second-order valence-electron chi connectivity index (χ2n) is 4.46. The van der Waals surface area contributed by atoms with E-state index in [1.807, 2.05) is 39.1 Å². The summed E-state index contributed by atoms with van der Waals surface area (Å²) in [6.45, 7) is 4.15. The zero-order valence-electron chi connectivity index (χ0n) is 10.9. The third kappa shape index (κ3) is 4.40. The van der Waals surface area contributed by atoms with Crippen molar-refractivity contribution in [2.24, 2.45) is 0 Å². The molecule has 1 aromatic rings.